The van der Waals surface area contributed by atoms with Crippen LogP contribution in [0.4, 0.5) is 5.69 Å². The maximum absolute atomic E-state index is 11.4. The number of nitrogens with one attached hydrogen (secondary N) is 1. The number of rotatable bonds is 2. The molecule has 0 radical (unpaired) electrons. The van der Waals surface area contributed by atoms with Gasteiger partial charge in [0.2, 0.25) is 5.91 Å². The number of hydrogen-bond acceptors (Lipinski definition) is 4. The van der Waals surface area contributed by atoms with Gasteiger partial charge in [-0.25, -0.2) is 0 Å². The molecule has 3 N–H and O–H groups in total. The van der Waals surface area contributed by atoms with Crippen LogP contribution in [-0.4, -0.2) is 30.0 Å². The van der Waals surface area contributed by atoms with Gasteiger partial charge in [0, 0.05) is 32.1 Å². The molecule has 19 heavy (non-hydrogen) atoms. The van der Waals surface area contributed by atoms with Crippen molar-refractivity contribution in [3.05, 3.63) is 24.0 Å². The van der Waals surface area contributed by atoms with E-state index in [1.54, 1.807) is 0 Å². The summed E-state index contributed by atoms with van der Waals surface area (Å²) >= 11 is 0. The van der Waals surface area contributed by atoms with Gasteiger partial charge in [-0.2, -0.15) is 0 Å². The van der Waals surface area contributed by atoms with E-state index in [2.05, 4.69) is 21.3 Å². The Labute approximate surface area is 113 Å². The van der Waals surface area contributed by atoms with Gasteiger partial charge in [0.25, 0.3) is 0 Å². The Balaban J connectivity index is 1.68. The van der Waals surface area contributed by atoms with E-state index in [-0.39, 0.29) is 5.91 Å². The lowest BCUT2D eigenvalue weighted by Gasteiger charge is -2.42. The van der Waals surface area contributed by atoms with Crippen LogP contribution in [0.3, 0.4) is 0 Å². The minimum Gasteiger partial charge on any atom is -0.370 e. The van der Waals surface area contributed by atoms with Gasteiger partial charge in [-0.1, -0.05) is 0 Å². The number of amides is 1. The Morgan fingerprint density at radius 2 is 2.32 bits per heavy atom. The highest BCUT2D eigenvalue weighted by molar-refractivity contribution is 5.77. The van der Waals surface area contributed by atoms with Gasteiger partial charge in [0.1, 0.15) is 0 Å². The van der Waals surface area contributed by atoms with Crippen molar-refractivity contribution in [3.8, 4) is 0 Å². The fourth-order valence-corrected chi connectivity index (χ4v) is 3.07. The highest BCUT2D eigenvalue weighted by Crippen LogP contribution is 2.28. The zero-order valence-electron chi connectivity index (χ0n) is 11.0. The molecule has 3 rings (SSSR count). The fraction of sp³-hybridized carbons (Fsp3) is 0.571. The number of nitrogens with zero attached hydrogens (tertiary/aromatic N) is 2. The monoisotopic (exact) mass is 260 g/mol. The van der Waals surface area contributed by atoms with Crippen LogP contribution in [0.15, 0.2) is 18.3 Å². The van der Waals surface area contributed by atoms with E-state index in [1.165, 1.54) is 0 Å². The zero-order valence-corrected chi connectivity index (χ0v) is 11.0. The van der Waals surface area contributed by atoms with Gasteiger partial charge < -0.3 is 16.0 Å². The second-order valence-corrected chi connectivity index (χ2v) is 5.42. The molecule has 1 aromatic heterocycles. The van der Waals surface area contributed by atoms with Crippen molar-refractivity contribution in [2.75, 3.05) is 18.0 Å². The SMILES string of the molecule is NCc1ccc(N2CCC3NC(=O)CCC3C2)cn1. The molecule has 0 spiro atoms. The van der Waals surface area contributed by atoms with E-state index in [4.69, 9.17) is 5.73 Å². The number of aromatic nitrogens is 1. The van der Waals surface area contributed by atoms with Crippen LogP contribution >= 0.6 is 0 Å². The fourth-order valence-electron chi connectivity index (χ4n) is 3.07. The molecule has 0 bridgehead atoms. The lowest BCUT2D eigenvalue weighted by molar-refractivity contribution is -0.124. The van der Waals surface area contributed by atoms with Gasteiger partial charge >= 0.3 is 0 Å². The van der Waals surface area contributed by atoms with Crippen LogP contribution in [-0.2, 0) is 11.3 Å². The Morgan fingerprint density at radius 1 is 1.42 bits per heavy atom. The molecule has 1 amide bonds. The zero-order chi connectivity index (χ0) is 13.2. The molecular weight excluding hydrogens is 240 g/mol. The summed E-state index contributed by atoms with van der Waals surface area (Å²) in [6.07, 6.45) is 4.60. The first-order valence-corrected chi connectivity index (χ1v) is 6.95. The van der Waals surface area contributed by atoms with Crippen molar-refractivity contribution in [1.29, 1.82) is 0 Å². The highest BCUT2D eigenvalue weighted by Gasteiger charge is 2.33. The van der Waals surface area contributed by atoms with E-state index in [1.807, 2.05) is 12.3 Å². The molecule has 0 aliphatic carbocycles. The quantitative estimate of drug-likeness (QED) is 0.819. The maximum atomic E-state index is 11.4. The summed E-state index contributed by atoms with van der Waals surface area (Å²) in [4.78, 5) is 18.1. The average Bonchev–Trinajstić information content (AvgIpc) is 2.47. The number of carbonyl (C=O) groups excluding carboxylic acids is 1. The molecular formula is C14H20N4O. The number of nitrogens with two attached hydrogens (primary N) is 1. The molecule has 5 nitrogen and oxygen atoms in total. The smallest absolute Gasteiger partial charge is 0.220 e. The van der Waals surface area contributed by atoms with Crippen LogP contribution < -0.4 is 16.0 Å². The molecule has 1 aromatic rings. The Kier molecular flexibility index (Phi) is 3.38. The van der Waals surface area contributed by atoms with E-state index >= 15 is 0 Å². The van der Waals surface area contributed by atoms with E-state index < -0.39 is 0 Å². The first-order valence-electron chi connectivity index (χ1n) is 6.95. The second-order valence-electron chi connectivity index (χ2n) is 5.42. The standard InChI is InChI=1S/C14H20N4O/c15-7-11-2-3-12(8-16-11)18-6-5-13-10(9-18)1-4-14(19)17-13/h2-3,8,10,13H,1,4-7,9,15H2,(H,17,19). The van der Waals surface area contributed by atoms with E-state index in [0.29, 0.717) is 24.9 Å². The van der Waals surface area contributed by atoms with Crippen molar-refractivity contribution in [1.82, 2.24) is 10.3 Å². The Hall–Kier alpha value is -1.62. The molecule has 3 heterocycles. The van der Waals surface area contributed by atoms with Crippen LogP contribution in [0.5, 0.6) is 0 Å². The van der Waals surface area contributed by atoms with Crippen LogP contribution in [0, 0.1) is 5.92 Å². The van der Waals surface area contributed by atoms with Crippen LogP contribution in [0.25, 0.3) is 0 Å². The van der Waals surface area contributed by atoms with Crippen molar-refractivity contribution in [3.63, 3.8) is 0 Å². The predicted molar refractivity (Wildman–Crippen MR) is 73.6 cm³/mol. The molecule has 2 aliphatic rings. The van der Waals surface area contributed by atoms with Crippen molar-refractivity contribution >= 4 is 11.6 Å². The summed E-state index contributed by atoms with van der Waals surface area (Å²) in [6, 6.07) is 4.45. The molecule has 2 fully saturated rings. The van der Waals surface area contributed by atoms with Gasteiger partial charge in [0.15, 0.2) is 0 Å². The highest BCUT2D eigenvalue weighted by atomic mass is 16.1. The first-order chi connectivity index (χ1) is 9.26. The number of piperidine rings is 2. The van der Waals surface area contributed by atoms with Gasteiger partial charge in [-0.05, 0) is 30.9 Å². The molecule has 2 aliphatic heterocycles. The third-order valence-electron chi connectivity index (χ3n) is 4.21. The summed E-state index contributed by atoms with van der Waals surface area (Å²) < 4.78 is 0. The predicted octanol–water partition coefficient (Wildman–Crippen LogP) is 0.645. The third kappa shape index (κ3) is 2.56. The van der Waals surface area contributed by atoms with Gasteiger partial charge in [-0.15, -0.1) is 0 Å². The van der Waals surface area contributed by atoms with Crippen LogP contribution in [0.2, 0.25) is 0 Å². The summed E-state index contributed by atoms with van der Waals surface area (Å²) in [6.45, 7) is 2.47. The molecule has 0 aromatic carbocycles. The third-order valence-corrected chi connectivity index (χ3v) is 4.21. The van der Waals surface area contributed by atoms with Crippen LogP contribution in [0.1, 0.15) is 25.0 Å². The van der Waals surface area contributed by atoms with Gasteiger partial charge in [-0.3, -0.25) is 9.78 Å². The molecule has 2 atom stereocenters. The molecule has 2 unspecified atom stereocenters. The van der Waals surface area contributed by atoms with Gasteiger partial charge in [0.05, 0.1) is 17.6 Å². The summed E-state index contributed by atoms with van der Waals surface area (Å²) in [7, 11) is 0. The number of fused-ring (bicyclic) bond motifs is 1. The minimum absolute atomic E-state index is 0.212. The summed E-state index contributed by atoms with van der Waals surface area (Å²) in [5, 5.41) is 3.11. The first kappa shape index (κ1) is 12.4. The maximum Gasteiger partial charge on any atom is 0.220 e. The largest absolute Gasteiger partial charge is 0.370 e. The lowest BCUT2D eigenvalue weighted by Crippen LogP contribution is -2.54. The van der Waals surface area contributed by atoms with Crippen molar-refractivity contribution < 1.29 is 4.79 Å². The molecule has 2 saturated heterocycles. The van der Waals surface area contributed by atoms with E-state index in [0.717, 1.165) is 37.3 Å². The Morgan fingerprint density at radius 3 is 3.05 bits per heavy atom. The number of hydrogen-bond donors (Lipinski definition) is 2. The van der Waals surface area contributed by atoms with Crippen molar-refractivity contribution in [2.24, 2.45) is 11.7 Å². The topological polar surface area (TPSA) is 71.2 Å². The minimum atomic E-state index is 0.212. The number of carbonyl (C=O) groups is 1. The second kappa shape index (κ2) is 5.17. The van der Waals surface area contributed by atoms with E-state index in [9.17, 15) is 4.79 Å². The molecule has 5 heteroatoms. The summed E-state index contributed by atoms with van der Waals surface area (Å²) in [5.74, 6) is 0.782. The normalized spacial score (nSPS) is 26.8. The average molecular weight is 260 g/mol. The number of pyridine rings is 1. The van der Waals surface area contributed by atoms with Crippen molar-refractivity contribution in [2.45, 2.75) is 31.8 Å². The number of anilines is 1. The molecule has 0 saturated carbocycles. The summed E-state index contributed by atoms with van der Waals surface area (Å²) in [5.41, 5.74) is 7.64. The molecule has 102 valence electrons. The lowest BCUT2D eigenvalue weighted by atomic mass is 9.85. The Bertz CT molecular complexity index is 459.